The van der Waals surface area contributed by atoms with Crippen LogP contribution in [0, 0.1) is 0 Å². The van der Waals surface area contributed by atoms with E-state index in [-0.39, 0.29) is 0 Å². The molecule has 0 aliphatic rings. The van der Waals surface area contributed by atoms with Crippen molar-refractivity contribution in [3.05, 3.63) is 29.3 Å². The third-order valence-corrected chi connectivity index (χ3v) is 3.59. The van der Waals surface area contributed by atoms with Gasteiger partial charge in [0.1, 0.15) is 0 Å². The molecule has 1 aromatic rings. The zero-order chi connectivity index (χ0) is 10.4. The molecule has 0 bridgehead atoms. The average molecular weight is 230 g/mol. The number of rotatable bonds is 5. The first-order chi connectivity index (χ1) is 6.76. The van der Waals surface area contributed by atoms with Crippen LogP contribution >= 0.6 is 23.4 Å². The quantitative estimate of drug-likeness (QED) is 0.777. The van der Waals surface area contributed by atoms with E-state index in [2.05, 4.69) is 24.4 Å². The summed E-state index contributed by atoms with van der Waals surface area (Å²) in [5.74, 6) is 1.11. The van der Waals surface area contributed by atoms with Gasteiger partial charge in [0.05, 0.1) is 0 Å². The third kappa shape index (κ3) is 3.91. The van der Waals surface area contributed by atoms with Crippen molar-refractivity contribution in [2.45, 2.75) is 24.3 Å². The number of nitrogens with one attached hydrogen (secondary N) is 1. The Morgan fingerprint density at radius 2 is 2.00 bits per heavy atom. The van der Waals surface area contributed by atoms with Crippen LogP contribution < -0.4 is 5.32 Å². The Labute approximate surface area is 95.2 Å². The highest BCUT2D eigenvalue weighted by Gasteiger charge is 2.03. The number of hydrogen-bond acceptors (Lipinski definition) is 2. The summed E-state index contributed by atoms with van der Waals surface area (Å²) in [6.45, 7) is 2.20. The van der Waals surface area contributed by atoms with E-state index in [0.29, 0.717) is 6.04 Å². The Hall–Kier alpha value is -0.180. The zero-order valence-electron chi connectivity index (χ0n) is 8.59. The van der Waals surface area contributed by atoms with Crippen molar-refractivity contribution in [3.63, 3.8) is 0 Å². The van der Waals surface area contributed by atoms with Crippen LogP contribution in [0.25, 0.3) is 0 Å². The Morgan fingerprint density at radius 3 is 2.50 bits per heavy atom. The molecule has 0 aliphatic heterocycles. The lowest BCUT2D eigenvalue weighted by Crippen LogP contribution is -2.26. The molecule has 0 aromatic heterocycles. The van der Waals surface area contributed by atoms with Gasteiger partial charge in [-0.3, -0.25) is 0 Å². The normalized spacial score (nSPS) is 12.8. The fraction of sp³-hybridized carbons (Fsp3) is 0.455. The molecule has 1 nitrogen and oxygen atoms in total. The zero-order valence-corrected chi connectivity index (χ0v) is 10.2. The molecule has 1 N–H and O–H groups in total. The van der Waals surface area contributed by atoms with E-state index < -0.39 is 0 Å². The van der Waals surface area contributed by atoms with Gasteiger partial charge >= 0.3 is 0 Å². The topological polar surface area (TPSA) is 12.0 Å². The first kappa shape index (κ1) is 11.9. The molecule has 1 unspecified atom stereocenters. The fourth-order valence-electron chi connectivity index (χ4n) is 1.13. The Bertz CT molecular complexity index is 256. The summed E-state index contributed by atoms with van der Waals surface area (Å²) in [5.41, 5.74) is 0. The molecular formula is C11H16ClNS. The van der Waals surface area contributed by atoms with Gasteiger partial charge in [-0.2, -0.15) is 0 Å². The summed E-state index contributed by atoms with van der Waals surface area (Å²) in [7, 11) is 2.01. The van der Waals surface area contributed by atoms with Crippen molar-refractivity contribution in [2.75, 3.05) is 12.8 Å². The lowest BCUT2D eigenvalue weighted by Gasteiger charge is -2.12. The maximum absolute atomic E-state index is 5.81. The molecule has 3 heteroatoms. The highest BCUT2D eigenvalue weighted by atomic mass is 35.5. The van der Waals surface area contributed by atoms with Crippen LogP contribution in [0.3, 0.4) is 0 Å². The van der Waals surface area contributed by atoms with Crippen LogP contribution in [0.15, 0.2) is 29.2 Å². The summed E-state index contributed by atoms with van der Waals surface area (Å²) in [5, 5.41) is 4.09. The molecule has 0 heterocycles. The monoisotopic (exact) mass is 229 g/mol. The molecule has 0 aliphatic carbocycles. The predicted octanol–water partition coefficient (Wildman–Crippen LogP) is 3.43. The maximum atomic E-state index is 5.81. The van der Waals surface area contributed by atoms with E-state index >= 15 is 0 Å². The van der Waals surface area contributed by atoms with Gasteiger partial charge in [-0.15, -0.1) is 11.8 Å². The van der Waals surface area contributed by atoms with Crippen molar-refractivity contribution in [1.82, 2.24) is 5.32 Å². The van der Waals surface area contributed by atoms with Gasteiger partial charge in [0, 0.05) is 21.7 Å². The third-order valence-electron chi connectivity index (χ3n) is 2.17. The lowest BCUT2D eigenvalue weighted by atomic mass is 10.3. The van der Waals surface area contributed by atoms with Crippen molar-refractivity contribution >= 4 is 23.4 Å². The molecule has 1 aromatic carbocycles. The first-order valence-corrected chi connectivity index (χ1v) is 6.18. The van der Waals surface area contributed by atoms with Crippen LogP contribution in [0.5, 0.6) is 0 Å². The van der Waals surface area contributed by atoms with Crippen molar-refractivity contribution in [2.24, 2.45) is 0 Å². The van der Waals surface area contributed by atoms with Crippen molar-refractivity contribution < 1.29 is 0 Å². The van der Waals surface area contributed by atoms with Gasteiger partial charge in [0.25, 0.3) is 0 Å². The highest BCUT2D eigenvalue weighted by Crippen LogP contribution is 2.21. The van der Waals surface area contributed by atoms with E-state index in [4.69, 9.17) is 11.6 Å². The minimum absolute atomic E-state index is 0.593. The molecule has 14 heavy (non-hydrogen) atoms. The minimum Gasteiger partial charge on any atom is -0.316 e. The van der Waals surface area contributed by atoms with Crippen molar-refractivity contribution in [3.8, 4) is 0 Å². The molecule has 1 atom stereocenters. The molecule has 0 fully saturated rings. The van der Waals surface area contributed by atoms with Crippen LogP contribution in [0.4, 0.5) is 0 Å². The van der Waals surface area contributed by atoms with Crippen LogP contribution in [0.1, 0.15) is 13.3 Å². The van der Waals surface area contributed by atoms with Crippen molar-refractivity contribution in [1.29, 1.82) is 0 Å². The first-order valence-electron chi connectivity index (χ1n) is 4.82. The number of thioether (sulfide) groups is 1. The molecule has 0 saturated heterocycles. The van der Waals surface area contributed by atoms with Gasteiger partial charge in [0.15, 0.2) is 0 Å². The molecule has 0 amide bonds. The van der Waals surface area contributed by atoms with Gasteiger partial charge in [-0.05, 0) is 37.7 Å². The molecule has 0 spiro atoms. The van der Waals surface area contributed by atoms with E-state index in [0.717, 1.165) is 17.2 Å². The Morgan fingerprint density at radius 1 is 1.36 bits per heavy atom. The summed E-state index contributed by atoms with van der Waals surface area (Å²) < 4.78 is 0. The average Bonchev–Trinajstić information content (AvgIpc) is 2.22. The standard InChI is InChI=1S/C11H16ClNS/c1-3-10(13-2)8-14-11-6-4-9(12)5-7-11/h4-7,10,13H,3,8H2,1-2H3. The molecular weight excluding hydrogens is 214 g/mol. The van der Waals surface area contributed by atoms with Gasteiger partial charge < -0.3 is 5.32 Å². The van der Waals surface area contributed by atoms with E-state index in [1.807, 2.05) is 30.9 Å². The summed E-state index contributed by atoms with van der Waals surface area (Å²) in [4.78, 5) is 1.28. The smallest absolute Gasteiger partial charge is 0.0406 e. The molecule has 0 saturated carbocycles. The highest BCUT2D eigenvalue weighted by molar-refractivity contribution is 7.99. The van der Waals surface area contributed by atoms with Crippen LogP contribution in [0.2, 0.25) is 5.02 Å². The Kier molecular flexibility index (Phi) is 5.38. The molecule has 0 radical (unpaired) electrons. The van der Waals surface area contributed by atoms with Gasteiger partial charge in [0.2, 0.25) is 0 Å². The fourth-order valence-corrected chi connectivity index (χ4v) is 2.38. The summed E-state index contributed by atoms with van der Waals surface area (Å²) >= 11 is 7.67. The second-order valence-corrected chi connectivity index (χ2v) is 4.69. The van der Waals surface area contributed by atoms with E-state index in [9.17, 15) is 0 Å². The maximum Gasteiger partial charge on any atom is 0.0406 e. The predicted molar refractivity (Wildman–Crippen MR) is 65.3 cm³/mol. The SMILES string of the molecule is CCC(CSc1ccc(Cl)cc1)NC. The van der Waals surface area contributed by atoms with Crippen LogP contribution in [-0.2, 0) is 0 Å². The largest absolute Gasteiger partial charge is 0.316 e. The molecule has 1 rings (SSSR count). The second kappa shape index (κ2) is 6.33. The van der Waals surface area contributed by atoms with E-state index in [1.165, 1.54) is 4.90 Å². The van der Waals surface area contributed by atoms with Gasteiger partial charge in [-0.1, -0.05) is 18.5 Å². The van der Waals surface area contributed by atoms with Crippen LogP contribution in [-0.4, -0.2) is 18.8 Å². The Balaban J connectivity index is 2.41. The van der Waals surface area contributed by atoms with Gasteiger partial charge in [-0.25, -0.2) is 0 Å². The van der Waals surface area contributed by atoms with E-state index in [1.54, 1.807) is 0 Å². The summed E-state index contributed by atoms with van der Waals surface area (Å²) in [6.07, 6.45) is 1.16. The molecule has 78 valence electrons. The number of benzene rings is 1. The minimum atomic E-state index is 0.593. The number of hydrogen-bond donors (Lipinski definition) is 1. The lowest BCUT2D eigenvalue weighted by molar-refractivity contribution is 0.602. The summed E-state index contributed by atoms with van der Waals surface area (Å²) in [6, 6.07) is 8.59. The number of halogens is 1. The second-order valence-electron chi connectivity index (χ2n) is 3.16.